The smallest absolute Gasteiger partial charge is 0.251 e. The zero-order valence-electron chi connectivity index (χ0n) is 13.1. The van der Waals surface area contributed by atoms with Gasteiger partial charge in [-0.2, -0.15) is 0 Å². The first kappa shape index (κ1) is 17.2. The molecule has 1 rings (SSSR count). The molecule has 21 heavy (non-hydrogen) atoms. The van der Waals surface area contributed by atoms with E-state index in [4.69, 9.17) is 5.73 Å². The Morgan fingerprint density at radius 2 is 1.86 bits per heavy atom. The Labute approximate surface area is 126 Å². The molecule has 0 aliphatic carbocycles. The van der Waals surface area contributed by atoms with E-state index in [1.807, 2.05) is 39.8 Å². The number of hydrogen-bond acceptors (Lipinski definition) is 3. The quantitative estimate of drug-likeness (QED) is 0.736. The molecule has 0 aromatic heterocycles. The maximum Gasteiger partial charge on any atom is 0.251 e. The van der Waals surface area contributed by atoms with Crippen LogP contribution in [0.4, 0.5) is 0 Å². The summed E-state index contributed by atoms with van der Waals surface area (Å²) in [5, 5.41) is 5.60. The van der Waals surface area contributed by atoms with Crippen LogP contribution in [0.15, 0.2) is 24.3 Å². The fourth-order valence-electron chi connectivity index (χ4n) is 1.94. The van der Waals surface area contributed by atoms with E-state index in [0.717, 1.165) is 5.56 Å². The zero-order valence-corrected chi connectivity index (χ0v) is 13.1. The van der Waals surface area contributed by atoms with Gasteiger partial charge in [0, 0.05) is 18.2 Å². The van der Waals surface area contributed by atoms with Crippen LogP contribution in [0.2, 0.25) is 0 Å². The molecule has 1 unspecified atom stereocenters. The van der Waals surface area contributed by atoms with Crippen molar-refractivity contribution in [2.75, 3.05) is 6.54 Å². The van der Waals surface area contributed by atoms with E-state index in [2.05, 4.69) is 10.6 Å². The van der Waals surface area contributed by atoms with Crippen molar-refractivity contribution in [3.05, 3.63) is 35.4 Å². The van der Waals surface area contributed by atoms with Crippen LogP contribution in [0.3, 0.4) is 0 Å². The van der Waals surface area contributed by atoms with Crippen molar-refractivity contribution in [2.24, 2.45) is 11.7 Å². The van der Waals surface area contributed by atoms with Gasteiger partial charge in [0.2, 0.25) is 5.91 Å². The van der Waals surface area contributed by atoms with E-state index >= 15 is 0 Å². The van der Waals surface area contributed by atoms with E-state index < -0.39 is 6.04 Å². The number of carbonyl (C=O) groups is 2. The predicted octanol–water partition coefficient (Wildman–Crippen LogP) is 1.21. The Bertz CT molecular complexity index is 500. The monoisotopic (exact) mass is 291 g/mol. The molecule has 116 valence electrons. The number of nitrogens with one attached hydrogen (secondary N) is 2. The number of carbonyl (C=O) groups excluding carboxylic acids is 2. The second-order valence-electron chi connectivity index (χ2n) is 5.71. The minimum absolute atomic E-state index is 0.0104. The molecule has 1 aromatic rings. The van der Waals surface area contributed by atoms with Crippen molar-refractivity contribution < 1.29 is 9.59 Å². The molecule has 0 saturated heterocycles. The minimum atomic E-state index is -0.577. The van der Waals surface area contributed by atoms with Gasteiger partial charge in [-0.1, -0.05) is 31.5 Å². The molecular weight excluding hydrogens is 266 g/mol. The lowest BCUT2D eigenvalue weighted by atomic mass is 10.0. The average Bonchev–Trinajstić information content (AvgIpc) is 2.43. The van der Waals surface area contributed by atoms with Crippen LogP contribution in [0.1, 0.15) is 36.7 Å². The predicted molar refractivity (Wildman–Crippen MR) is 83.9 cm³/mol. The van der Waals surface area contributed by atoms with Gasteiger partial charge in [-0.3, -0.25) is 9.59 Å². The molecule has 0 aliphatic rings. The molecule has 1 aromatic carbocycles. The molecule has 2 atom stereocenters. The maximum absolute atomic E-state index is 12.3. The molecule has 0 radical (unpaired) electrons. The molecule has 0 aliphatic heterocycles. The van der Waals surface area contributed by atoms with Crippen LogP contribution in [0.5, 0.6) is 0 Å². The molecule has 5 heteroatoms. The van der Waals surface area contributed by atoms with E-state index in [1.165, 1.54) is 0 Å². The molecule has 0 bridgehead atoms. The SMILES string of the molecule is Cc1cccc(C(=O)NC(C(=O)N[C@@H](C)CN)C(C)C)c1. The Hall–Kier alpha value is -1.88. The third kappa shape index (κ3) is 5.19. The first-order valence-corrected chi connectivity index (χ1v) is 7.23. The van der Waals surface area contributed by atoms with Gasteiger partial charge in [0.1, 0.15) is 6.04 Å². The van der Waals surface area contributed by atoms with Gasteiger partial charge in [0.25, 0.3) is 5.91 Å². The Kier molecular flexibility index (Phi) is 6.37. The lowest BCUT2D eigenvalue weighted by Gasteiger charge is -2.23. The summed E-state index contributed by atoms with van der Waals surface area (Å²) in [4.78, 5) is 24.5. The molecule has 0 heterocycles. The second kappa shape index (κ2) is 7.78. The largest absolute Gasteiger partial charge is 0.351 e. The molecule has 0 saturated carbocycles. The lowest BCUT2D eigenvalue weighted by molar-refractivity contribution is -0.124. The van der Waals surface area contributed by atoms with Gasteiger partial charge >= 0.3 is 0 Å². The highest BCUT2D eigenvalue weighted by atomic mass is 16.2. The third-order valence-corrected chi connectivity index (χ3v) is 3.26. The minimum Gasteiger partial charge on any atom is -0.351 e. The van der Waals surface area contributed by atoms with Gasteiger partial charge in [-0.05, 0) is 31.9 Å². The second-order valence-corrected chi connectivity index (χ2v) is 5.71. The summed E-state index contributed by atoms with van der Waals surface area (Å²) < 4.78 is 0. The van der Waals surface area contributed by atoms with Crippen molar-refractivity contribution in [2.45, 2.75) is 39.8 Å². The summed E-state index contributed by atoms with van der Waals surface area (Å²) in [6, 6.07) is 6.59. The molecule has 4 N–H and O–H groups in total. The van der Waals surface area contributed by atoms with Crippen LogP contribution in [-0.2, 0) is 4.79 Å². The summed E-state index contributed by atoms with van der Waals surface area (Å²) in [6.07, 6.45) is 0. The highest BCUT2D eigenvalue weighted by Crippen LogP contribution is 2.07. The summed E-state index contributed by atoms with van der Waals surface area (Å²) in [6.45, 7) is 7.91. The lowest BCUT2D eigenvalue weighted by Crippen LogP contribution is -2.52. The normalized spacial score (nSPS) is 13.6. The number of rotatable bonds is 6. The summed E-state index contributed by atoms with van der Waals surface area (Å²) in [5.74, 6) is -0.458. The van der Waals surface area contributed by atoms with Crippen molar-refractivity contribution in [3.63, 3.8) is 0 Å². The van der Waals surface area contributed by atoms with Crippen molar-refractivity contribution >= 4 is 11.8 Å². The highest BCUT2D eigenvalue weighted by Gasteiger charge is 2.25. The molecule has 2 amide bonds. The van der Waals surface area contributed by atoms with E-state index in [1.54, 1.807) is 12.1 Å². The Morgan fingerprint density at radius 1 is 1.19 bits per heavy atom. The Morgan fingerprint density at radius 3 is 2.38 bits per heavy atom. The fourth-order valence-corrected chi connectivity index (χ4v) is 1.94. The van der Waals surface area contributed by atoms with Crippen LogP contribution in [-0.4, -0.2) is 30.4 Å². The number of hydrogen-bond donors (Lipinski definition) is 3. The van der Waals surface area contributed by atoms with Crippen LogP contribution >= 0.6 is 0 Å². The van der Waals surface area contributed by atoms with Gasteiger partial charge in [-0.25, -0.2) is 0 Å². The number of amides is 2. The molecule has 0 spiro atoms. The molecular formula is C16H25N3O2. The number of aryl methyl sites for hydroxylation is 1. The van der Waals surface area contributed by atoms with E-state index in [9.17, 15) is 9.59 Å². The van der Waals surface area contributed by atoms with E-state index in [-0.39, 0.29) is 23.8 Å². The Balaban J connectivity index is 2.79. The van der Waals surface area contributed by atoms with Gasteiger partial charge in [-0.15, -0.1) is 0 Å². The van der Waals surface area contributed by atoms with Crippen molar-refractivity contribution in [1.29, 1.82) is 0 Å². The fraction of sp³-hybridized carbons (Fsp3) is 0.500. The first-order chi connectivity index (χ1) is 9.85. The van der Waals surface area contributed by atoms with Crippen LogP contribution in [0.25, 0.3) is 0 Å². The summed E-state index contributed by atoms with van der Waals surface area (Å²) in [7, 11) is 0. The molecule has 0 fully saturated rings. The van der Waals surface area contributed by atoms with Gasteiger partial charge in [0.15, 0.2) is 0 Å². The average molecular weight is 291 g/mol. The third-order valence-electron chi connectivity index (χ3n) is 3.26. The zero-order chi connectivity index (χ0) is 16.0. The number of nitrogens with two attached hydrogens (primary N) is 1. The van der Waals surface area contributed by atoms with E-state index in [0.29, 0.717) is 12.1 Å². The van der Waals surface area contributed by atoms with Crippen molar-refractivity contribution in [1.82, 2.24) is 10.6 Å². The summed E-state index contributed by atoms with van der Waals surface area (Å²) in [5.41, 5.74) is 7.06. The topological polar surface area (TPSA) is 84.2 Å². The summed E-state index contributed by atoms with van der Waals surface area (Å²) >= 11 is 0. The van der Waals surface area contributed by atoms with Gasteiger partial charge in [0.05, 0.1) is 0 Å². The van der Waals surface area contributed by atoms with Gasteiger partial charge < -0.3 is 16.4 Å². The first-order valence-electron chi connectivity index (χ1n) is 7.23. The van der Waals surface area contributed by atoms with Crippen LogP contribution in [0, 0.1) is 12.8 Å². The standard InChI is InChI=1S/C16H25N3O2/c1-10(2)14(16(21)18-12(4)9-17)19-15(20)13-7-5-6-11(3)8-13/h5-8,10,12,14H,9,17H2,1-4H3,(H,18,21)(H,19,20)/t12-,14?/m0/s1. The maximum atomic E-state index is 12.3. The molecule has 5 nitrogen and oxygen atoms in total. The highest BCUT2D eigenvalue weighted by molar-refractivity contribution is 5.97. The number of benzene rings is 1. The van der Waals surface area contributed by atoms with Crippen LogP contribution < -0.4 is 16.4 Å². The van der Waals surface area contributed by atoms with Crippen molar-refractivity contribution in [3.8, 4) is 0 Å².